The number of benzene rings is 1. The third-order valence-electron chi connectivity index (χ3n) is 3.27. The van der Waals surface area contributed by atoms with Gasteiger partial charge in [0.2, 0.25) is 15.9 Å². The van der Waals surface area contributed by atoms with Crippen LogP contribution in [-0.4, -0.2) is 26.2 Å². The summed E-state index contributed by atoms with van der Waals surface area (Å²) in [5.74, 6) is -0.222. The van der Waals surface area contributed by atoms with Crippen molar-refractivity contribution in [3.63, 3.8) is 0 Å². The van der Waals surface area contributed by atoms with Crippen LogP contribution >= 0.6 is 0 Å². The van der Waals surface area contributed by atoms with Crippen LogP contribution in [0.4, 0.5) is 13.2 Å². The molecular weight excluding hydrogens is 357 g/mol. The molecule has 0 saturated carbocycles. The number of rotatable bonds is 6. The van der Waals surface area contributed by atoms with E-state index in [4.69, 9.17) is 0 Å². The summed E-state index contributed by atoms with van der Waals surface area (Å²) in [6, 6.07) is 7.71. The van der Waals surface area contributed by atoms with E-state index in [0.29, 0.717) is 11.1 Å². The minimum atomic E-state index is -4.47. The average Bonchev–Trinajstić information content (AvgIpc) is 2.50. The first-order valence-corrected chi connectivity index (χ1v) is 8.76. The van der Waals surface area contributed by atoms with Crippen molar-refractivity contribution in [2.75, 3.05) is 6.61 Å². The fourth-order valence-corrected chi connectivity index (χ4v) is 3.39. The minimum Gasteiger partial charge on any atom is -0.468 e. The molecule has 0 bridgehead atoms. The number of aromatic nitrogens is 1. The van der Waals surface area contributed by atoms with Crippen LogP contribution in [0.2, 0.25) is 0 Å². The van der Waals surface area contributed by atoms with Crippen molar-refractivity contribution in [1.82, 2.24) is 9.71 Å². The Morgan fingerprint density at radius 2 is 1.88 bits per heavy atom. The number of alkyl halides is 3. The van der Waals surface area contributed by atoms with Crippen molar-refractivity contribution in [1.29, 1.82) is 0 Å². The van der Waals surface area contributed by atoms with Gasteiger partial charge in [-0.2, -0.15) is 13.2 Å². The van der Waals surface area contributed by atoms with Crippen LogP contribution < -0.4 is 9.46 Å². The van der Waals surface area contributed by atoms with Gasteiger partial charge in [0, 0.05) is 18.8 Å². The molecule has 0 aliphatic carbocycles. The molecule has 0 radical (unpaired) electrons. The van der Waals surface area contributed by atoms with Gasteiger partial charge in [-0.25, -0.2) is 18.1 Å². The predicted octanol–water partition coefficient (Wildman–Crippen LogP) is 3.12. The standard InChI is InChI=1S/C16H17F3N2O3S/c1-11-3-4-14(12(2)7-11)25(22,23)21-9-13-5-6-20-15(8-13)24-10-16(17,18)19/h3-8,21H,9-10H2,1-2H3. The molecule has 2 aromatic rings. The van der Waals surface area contributed by atoms with E-state index in [1.165, 1.54) is 24.4 Å². The summed E-state index contributed by atoms with van der Waals surface area (Å²) in [6.45, 7) is 1.99. The maximum absolute atomic E-state index is 12.4. The molecule has 1 aromatic carbocycles. The number of nitrogens with zero attached hydrogens (tertiary/aromatic N) is 1. The first-order chi connectivity index (χ1) is 11.6. The highest BCUT2D eigenvalue weighted by molar-refractivity contribution is 7.89. The Morgan fingerprint density at radius 3 is 2.52 bits per heavy atom. The predicted molar refractivity (Wildman–Crippen MR) is 85.7 cm³/mol. The molecule has 0 unspecified atom stereocenters. The lowest BCUT2D eigenvalue weighted by molar-refractivity contribution is -0.154. The minimum absolute atomic E-state index is 0.0967. The summed E-state index contributed by atoms with van der Waals surface area (Å²) in [4.78, 5) is 3.82. The molecule has 0 spiro atoms. The number of pyridine rings is 1. The lowest BCUT2D eigenvalue weighted by Gasteiger charge is -2.11. The average molecular weight is 374 g/mol. The molecule has 136 valence electrons. The van der Waals surface area contributed by atoms with Gasteiger partial charge in [0.1, 0.15) is 0 Å². The lowest BCUT2D eigenvalue weighted by atomic mass is 10.2. The topological polar surface area (TPSA) is 68.3 Å². The monoisotopic (exact) mass is 374 g/mol. The first kappa shape index (κ1) is 19.2. The lowest BCUT2D eigenvalue weighted by Crippen LogP contribution is -2.24. The van der Waals surface area contributed by atoms with Crippen molar-refractivity contribution in [3.8, 4) is 5.88 Å². The second kappa shape index (κ2) is 7.40. The summed E-state index contributed by atoms with van der Waals surface area (Å²) < 4.78 is 68.2. The zero-order chi connectivity index (χ0) is 18.7. The van der Waals surface area contributed by atoms with Crippen molar-refractivity contribution in [3.05, 3.63) is 53.2 Å². The number of nitrogens with one attached hydrogen (secondary N) is 1. The summed E-state index contributed by atoms with van der Waals surface area (Å²) in [5, 5.41) is 0. The molecule has 1 aromatic heterocycles. The third-order valence-corrected chi connectivity index (χ3v) is 4.83. The number of aryl methyl sites for hydroxylation is 2. The summed E-state index contributed by atoms with van der Waals surface area (Å²) in [6.07, 6.45) is -3.21. The molecule has 0 saturated heterocycles. The van der Waals surface area contributed by atoms with Gasteiger partial charge < -0.3 is 4.74 Å². The second-order valence-electron chi connectivity index (χ2n) is 5.50. The van der Waals surface area contributed by atoms with E-state index in [-0.39, 0.29) is 17.3 Å². The molecular formula is C16H17F3N2O3S. The van der Waals surface area contributed by atoms with Crippen LogP contribution in [0.5, 0.6) is 5.88 Å². The van der Waals surface area contributed by atoms with E-state index in [1.807, 2.05) is 6.92 Å². The number of ether oxygens (including phenoxy) is 1. The number of sulfonamides is 1. The van der Waals surface area contributed by atoms with Crippen molar-refractivity contribution >= 4 is 10.0 Å². The smallest absolute Gasteiger partial charge is 0.422 e. The first-order valence-electron chi connectivity index (χ1n) is 7.28. The van der Waals surface area contributed by atoms with Crippen molar-refractivity contribution in [2.45, 2.75) is 31.5 Å². The SMILES string of the molecule is Cc1ccc(S(=O)(=O)NCc2ccnc(OCC(F)(F)F)c2)c(C)c1. The molecule has 0 atom stereocenters. The van der Waals surface area contributed by atoms with Gasteiger partial charge in [0.25, 0.3) is 0 Å². The molecule has 1 heterocycles. The normalized spacial score (nSPS) is 12.2. The van der Waals surface area contributed by atoms with Gasteiger partial charge in [0.15, 0.2) is 6.61 Å². The molecule has 0 fully saturated rings. The molecule has 0 amide bonds. The zero-order valence-corrected chi connectivity index (χ0v) is 14.4. The Hall–Kier alpha value is -2.13. The maximum Gasteiger partial charge on any atom is 0.422 e. The van der Waals surface area contributed by atoms with Crippen molar-refractivity contribution in [2.24, 2.45) is 0 Å². The van der Waals surface area contributed by atoms with E-state index in [9.17, 15) is 21.6 Å². The summed E-state index contributed by atoms with van der Waals surface area (Å²) in [5.41, 5.74) is 1.98. The Morgan fingerprint density at radius 1 is 1.16 bits per heavy atom. The molecule has 5 nitrogen and oxygen atoms in total. The summed E-state index contributed by atoms with van der Waals surface area (Å²) >= 11 is 0. The molecule has 0 aliphatic heterocycles. The highest BCUT2D eigenvalue weighted by Gasteiger charge is 2.28. The fourth-order valence-electron chi connectivity index (χ4n) is 2.15. The van der Waals surface area contributed by atoms with Crippen LogP contribution in [0.25, 0.3) is 0 Å². The van der Waals surface area contributed by atoms with Gasteiger partial charge in [-0.1, -0.05) is 17.7 Å². The fraction of sp³-hybridized carbons (Fsp3) is 0.312. The van der Waals surface area contributed by atoms with Gasteiger partial charge in [0.05, 0.1) is 4.90 Å². The largest absolute Gasteiger partial charge is 0.468 e. The van der Waals surface area contributed by atoms with Crippen LogP contribution in [-0.2, 0) is 16.6 Å². The van der Waals surface area contributed by atoms with Gasteiger partial charge in [-0.15, -0.1) is 0 Å². The molecule has 9 heteroatoms. The summed E-state index contributed by atoms with van der Waals surface area (Å²) in [7, 11) is -3.75. The Kier molecular flexibility index (Phi) is 5.69. The quantitative estimate of drug-likeness (QED) is 0.844. The molecule has 25 heavy (non-hydrogen) atoms. The van der Waals surface area contributed by atoms with E-state index >= 15 is 0 Å². The van der Waals surface area contributed by atoms with Crippen LogP contribution in [0, 0.1) is 13.8 Å². The molecule has 0 aliphatic rings. The Labute approximate surface area is 143 Å². The van der Waals surface area contributed by atoms with E-state index in [0.717, 1.165) is 5.56 Å². The Bertz CT molecular complexity index is 852. The van der Waals surface area contributed by atoms with Gasteiger partial charge in [-0.3, -0.25) is 0 Å². The van der Waals surface area contributed by atoms with Gasteiger partial charge in [-0.05, 0) is 37.1 Å². The van der Waals surface area contributed by atoms with E-state index in [1.54, 1.807) is 19.1 Å². The number of halogens is 3. The Balaban J connectivity index is 2.07. The molecule has 1 N–H and O–H groups in total. The zero-order valence-electron chi connectivity index (χ0n) is 13.6. The van der Waals surface area contributed by atoms with Crippen LogP contribution in [0.1, 0.15) is 16.7 Å². The molecule has 2 rings (SSSR count). The number of hydrogen-bond donors (Lipinski definition) is 1. The number of hydrogen-bond acceptors (Lipinski definition) is 4. The maximum atomic E-state index is 12.4. The van der Waals surface area contributed by atoms with E-state index < -0.39 is 22.8 Å². The van der Waals surface area contributed by atoms with Crippen LogP contribution in [0.3, 0.4) is 0 Å². The van der Waals surface area contributed by atoms with Crippen LogP contribution in [0.15, 0.2) is 41.4 Å². The van der Waals surface area contributed by atoms with Crippen molar-refractivity contribution < 1.29 is 26.3 Å². The van der Waals surface area contributed by atoms with E-state index in [2.05, 4.69) is 14.4 Å². The third kappa shape index (κ3) is 5.71. The highest BCUT2D eigenvalue weighted by Crippen LogP contribution is 2.19. The second-order valence-corrected chi connectivity index (χ2v) is 7.24. The highest BCUT2D eigenvalue weighted by atomic mass is 32.2. The van der Waals surface area contributed by atoms with Gasteiger partial charge >= 0.3 is 6.18 Å².